The summed E-state index contributed by atoms with van der Waals surface area (Å²) in [5, 5.41) is 6.84. The maximum atomic E-state index is 12.0. The predicted molar refractivity (Wildman–Crippen MR) is 123 cm³/mol. The molecule has 1 rings (SSSR count). The molecule has 0 aromatic rings. The zero-order valence-corrected chi connectivity index (χ0v) is 20.3. The molecular weight excluding hydrogens is 457 g/mol. The lowest BCUT2D eigenvalue weighted by Crippen LogP contribution is -2.49. The fraction of sp³-hybridized carbons (Fsp3) is 0.895. The summed E-state index contributed by atoms with van der Waals surface area (Å²) < 4.78 is 5.36. The summed E-state index contributed by atoms with van der Waals surface area (Å²) in [5.41, 5.74) is -0.474. The van der Waals surface area contributed by atoms with Crippen LogP contribution in [0.5, 0.6) is 0 Å². The van der Waals surface area contributed by atoms with Crippen LogP contribution < -0.4 is 10.6 Å². The minimum atomic E-state index is -0.474. The van der Waals surface area contributed by atoms with E-state index in [9.17, 15) is 4.79 Å². The number of ether oxygens (including phenoxy) is 1. The van der Waals surface area contributed by atoms with Crippen molar-refractivity contribution in [2.24, 2.45) is 4.99 Å². The Morgan fingerprint density at radius 3 is 2.41 bits per heavy atom. The van der Waals surface area contributed by atoms with Gasteiger partial charge in [0.15, 0.2) is 5.96 Å². The molecule has 0 spiro atoms. The lowest BCUT2D eigenvalue weighted by molar-refractivity contribution is 0.0304. The first-order valence-electron chi connectivity index (χ1n) is 9.96. The van der Waals surface area contributed by atoms with Gasteiger partial charge < -0.3 is 25.2 Å². The van der Waals surface area contributed by atoms with E-state index in [4.69, 9.17) is 4.74 Å². The number of rotatable bonds is 7. The monoisotopic (exact) mass is 497 g/mol. The molecule has 1 heterocycles. The third-order valence-corrected chi connectivity index (χ3v) is 4.22. The SMILES string of the molecule is CCCN1CCC(NC(=NCCN(C)C(=O)OC(C)(C)C)NCC)CC1.I. The highest BCUT2D eigenvalue weighted by Crippen LogP contribution is 2.11. The van der Waals surface area contributed by atoms with Gasteiger partial charge in [-0.2, -0.15) is 0 Å². The van der Waals surface area contributed by atoms with Crippen LogP contribution in [0, 0.1) is 0 Å². The van der Waals surface area contributed by atoms with Crippen molar-refractivity contribution in [2.75, 3.05) is 46.3 Å². The second kappa shape index (κ2) is 13.4. The Kier molecular flexibility index (Phi) is 13.0. The van der Waals surface area contributed by atoms with Gasteiger partial charge in [-0.1, -0.05) is 6.92 Å². The van der Waals surface area contributed by atoms with E-state index in [-0.39, 0.29) is 30.1 Å². The van der Waals surface area contributed by atoms with Gasteiger partial charge in [-0.3, -0.25) is 4.99 Å². The number of carbonyl (C=O) groups excluding carboxylic acids is 1. The van der Waals surface area contributed by atoms with Crippen molar-refractivity contribution in [2.45, 2.75) is 65.5 Å². The number of guanidine groups is 1. The topological polar surface area (TPSA) is 69.2 Å². The normalized spacial score (nSPS) is 16.4. The van der Waals surface area contributed by atoms with Gasteiger partial charge in [0.1, 0.15) is 5.60 Å². The standard InChI is InChI=1S/C19H39N5O2.HI/c1-7-12-24-13-9-16(10-14-24)22-17(20-8-2)21-11-15-23(6)18(25)26-19(3,4)5;/h16H,7-15H2,1-6H3,(H2,20,21,22);1H. The number of hydrogen-bond acceptors (Lipinski definition) is 4. The minimum absolute atomic E-state index is 0. The van der Waals surface area contributed by atoms with Gasteiger partial charge in [0.2, 0.25) is 0 Å². The van der Waals surface area contributed by atoms with Crippen molar-refractivity contribution < 1.29 is 9.53 Å². The molecule has 1 fully saturated rings. The third-order valence-electron chi connectivity index (χ3n) is 4.22. The summed E-state index contributed by atoms with van der Waals surface area (Å²) in [6.45, 7) is 15.3. The number of halogens is 1. The molecule has 0 saturated carbocycles. The average Bonchev–Trinajstić information content (AvgIpc) is 2.55. The largest absolute Gasteiger partial charge is 0.444 e. The second-order valence-corrected chi connectivity index (χ2v) is 7.92. The Hall–Kier alpha value is -0.770. The van der Waals surface area contributed by atoms with Crippen LogP contribution in [0.15, 0.2) is 4.99 Å². The average molecular weight is 497 g/mol. The highest BCUT2D eigenvalue weighted by molar-refractivity contribution is 14.0. The molecule has 160 valence electrons. The van der Waals surface area contributed by atoms with E-state index in [1.54, 1.807) is 11.9 Å². The van der Waals surface area contributed by atoms with Crippen LogP contribution in [-0.2, 0) is 4.74 Å². The number of hydrogen-bond donors (Lipinski definition) is 2. The number of piperidine rings is 1. The molecule has 0 atom stereocenters. The van der Waals surface area contributed by atoms with Crippen molar-refractivity contribution in [3.8, 4) is 0 Å². The van der Waals surface area contributed by atoms with E-state index in [1.807, 2.05) is 20.8 Å². The Balaban J connectivity index is 0.00000676. The van der Waals surface area contributed by atoms with E-state index < -0.39 is 5.60 Å². The summed E-state index contributed by atoms with van der Waals surface area (Å²) >= 11 is 0. The van der Waals surface area contributed by atoms with E-state index in [0.717, 1.165) is 38.4 Å². The molecule has 27 heavy (non-hydrogen) atoms. The first-order valence-corrected chi connectivity index (χ1v) is 9.96. The summed E-state index contributed by atoms with van der Waals surface area (Å²) in [6, 6.07) is 0.462. The van der Waals surface area contributed by atoms with Gasteiger partial charge in [0.25, 0.3) is 0 Å². The van der Waals surface area contributed by atoms with E-state index in [2.05, 4.69) is 34.4 Å². The number of aliphatic imine (C=N–C) groups is 1. The Bertz CT molecular complexity index is 446. The fourth-order valence-electron chi connectivity index (χ4n) is 2.87. The predicted octanol–water partition coefficient (Wildman–Crippen LogP) is 2.90. The molecule has 0 aliphatic carbocycles. The van der Waals surface area contributed by atoms with Crippen LogP contribution in [0.1, 0.15) is 53.9 Å². The third kappa shape index (κ3) is 11.6. The van der Waals surface area contributed by atoms with Crippen molar-refractivity contribution in [3.63, 3.8) is 0 Å². The maximum Gasteiger partial charge on any atom is 0.410 e. The zero-order chi connectivity index (χ0) is 19.6. The molecule has 0 aromatic heterocycles. The summed E-state index contributed by atoms with van der Waals surface area (Å²) in [6.07, 6.45) is 3.19. The number of amides is 1. The Morgan fingerprint density at radius 1 is 1.26 bits per heavy atom. The van der Waals surface area contributed by atoms with Crippen LogP contribution in [0.3, 0.4) is 0 Å². The number of likely N-dealkylation sites (N-methyl/N-ethyl adjacent to an activating group) is 1. The Labute approximate surface area is 182 Å². The van der Waals surface area contributed by atoms with Crippen LogP contribution in [-0.4, -0.2) is 79.8 Å². The summed E-state index contributed by atoms with van der Waals surface area (Å²) in [5.74, 6) is 0.832. The van der Waals surface area contributed by atoms with Crippen LogP contribution in [0.4, 0.5) is 4.79 Å². The molecule has 0 unspecified atom stereocenters. The molecular formula is C19H40IN5O2. The van der Waals surface area contributed by atoms with Crippen LogP contribution in [0.25, 0.3) is 0 Å². The van der Waals surface area contributed by atoms with Gasteiger partial charge in [0, 0.05) is 39.3 Å². The quantitative estimate of drug-likeness (QED) is 0.322. The number of nitrogens with one attached hydrogen (secondary N) is 2. The minimum Gasteiger partial charge on any atom is -0.444 e. The van der Waals surface area contributed by atoms with Gasteiger partial charge in [-0.15, -0.1) is 24.0 Å². The van der Waals surface area contributed by atoms with Crippen molar-refractivity contribution >= 4 is 36.0 Å². The van der Waals surface area contributed by atoms with Gasteiger partial charge in [-0.05, 0) is 53.5 Å². The van der Waals surface area contributed by atoms with E-state index in [1.165, 1.54) is 13.0 Å². The smallest absolute Gasteiger partial charge is 0.410 e. The first kappa shape index (κ1) is 26.2. The lowest BCUT2D eigenvalue weighted by atomic mass is 10.1. The molecule has 1 aliphatic rings. The van der Waals surface area contributed by atoms with Crippen LogP contribution >= 0.6 is 24.0 Å². The zero-order valence-electron chi connectivity index (χ0n) is 18.0. The molecule has 0 bridgehead atoms. The molecule has 8 heteroatoms. The fourth-order valence-corrected chi connectivity index (χ4v) is 2.87. The van der Waals surface area contributed by atoms with Crippen molar-refractivity contribution in [1.29, 1.82) is 0 Å². The molecule has 1 aliphatic heterocycles. The molecule has 1 amide bonds. The van der Waals surface area contributed by atoms with Crippen molar-refractivity contribution in [1.82, 2.24) is 20.4 Å². The molecule has 1 saturated heterocycles. The molecule has 2 N–H and O–H groups in total. The molecule has 0 aromatic carbocycles. The Morgan fingerprint density at radius 2 is 1.89 bits per heavy atom. The summed E-state index contributed by atoms with van der Waals surface area (Å²) in [4.78, 5) is 20.7. The van der Waals surface area contributed by atoms with Gasteiger partial charge in [-0.25, -0.2) is 4.79 Å². The first-order chi connectivity index (χ1) is 12.2. The number of nitrogens with zero attached hydrogens (tertiary/aromatic N) is 3. The highest BCUT2D eigenvalue weighted by atomic mass is 127. The van der Waals surface area contributed by atoms with Gasteiger partial charge in [0.05, 0.1) is 6.54 Å². The second-order valence-electron chi connectivity index (χ2n) is 7.92. The van der Waals surface area contributed by atoms with E-state index >= 15 is 0 Å². The highest BCUT2D eigenvalue weighted by Gasteiger charge is 2.20. The lowest BCUT2D eigenvalue weighted by Gasteiger charge is -2.32. The molecule has 7 nitrogen and oxygen atoms in total. The maximum absolute atomic E-state index is 12.0. The molecule has 0 radical (unpaired) electrons. The van der Waals surface area contributed by atoms with E-state index in [0.29, 0.717) is 19.1 Å². The van der Waals surface area contributed by atoms with Crippen LogP contribution in [0.2, 0.25) is 0 Å². The van der Waals surface area contributed by atoms with Gasteiger partial charge >= 0.3 is 6.09 Å². The number of likely N-dealkylation sites (tertiary alicyclic amines) is 1. The number of carbonyl (C=O) groups is 1. The summed E-state index contributed by atoms with van der Waals surface area (Å²) in [7, 11) is 1.74. The van der Waals surface area contributed by atoms with Crippen molar-refractivity contribution in [3.05, 3.63) is 0 Å².